The molecular weight excluding hydrogens is 410 g/mol. The first-order chi connectivity index (χ1) is 14.0. The topological polar surface area (TPSA) is 120 Å². The molecule has 0 aromatic carbocycles. The summed E-state index contributed by atoms with van der Waals surface area (Å²) in [6.45, 7) is 12.0. The quantitative estimate of drug-likeness (QED) is 0.670. The summed E-state index contributed by atoms with van der Waals surface area (Å²) in [6.07, 6.45) is -0.539. The molecule has 12 heteroatoms. The minimum atomic E-state index is -0.844. The third-order valence-corrected chi connectivity index (χ3v) is 5.28. The van der Waals surface area contributed by atoms with E-state index in [9.17, 15) is 4.79 Å². The van der Waals surface area contributed by atoms with Gasteiger partial charge in [-0.3, -0.25) is 4.57 Å². The Balaban J connectivity index is 1.59. The van der Waals surface area contributed by atoms with Crippen molar-refractivity contribution in [1.82, 2.24) is 30.2 Å². The van der Waals surface area contributed by atoms with Crippen molar-refractivity contribution in [3.8, 4) is 0 Å². The first-order valence-electron chi connectivity index (χ1n) is 9.74. The van der Waals surface area contributed by atoms with Gasteiger partial charge in [-0.15, -0.1) is 10.2 Å². The fourth-order valence-corrected chi connectivity index (χ4v) is 3.52. The summed E-state index contributed by atoms with van der Waals surface area (Å²) in [7, 11) is 1.93. The predicted molar refractivity (Wildman–Crippen MR) is 110 cm³/mol. The Morgan fingerprint density at radius 1 is 1.20 bits per heavy atom. The van der Waals surface area contributed by atoms with Gasteiger partial charge in [0, 0.05) is 20.1 Å². The fourth-order valence-electron chi connectivity index (χ4n) is 2.78. The van der Waals surface area contributed by atoms with E-state index < -0.39 is 17.2 Å². The molecule has 30 heavy (non-hydrogen) atoms. The molecule has 1 aliphatic heterocycles. The van der Waals surface area contributed by atoms with Crippen molar-refractivity contribution >= 4 is 23.8 Å². The van der Waals surface area contributed by atoms with Crippen molar-refractivity contribution in [2.24, 2.45) is 7.05 Å². The molecular formula is C18H29N7O4S. The van der Waals surface area contributed by atoms with Crippen LogP contribution in [0.15, 0.2) is 9.68 Å². The average molecular weight is 440 g/mol. The Morgan fingerprint density at radius 2 is 1.90 bits per heavy atom. The highest BCUT2D eigenvalue weighted by Gasteiger charge is 2.31. The van der Waals surface area contributed by atoms with Crippen LogP contribution in [0.3, 0.4) is 0 Å². The van der Waals surface area contributed by atoms with Gasteiger partial charge >= 0.3 is 6.09 Å². The van der Waals surface area contributed by atoms with Gasteiger partial charge in [-0.1, -0.05) is 16.9 Å². The second-order valence-corrected chi connectivity index (χ2v) is 9.44. The van der Waals surface area contributed by atoms with E-state index in [1.807, 2.05) is 11.6 Å². The minimum absolute atomic E-state index is 0.371. The monoisotopic (exact) mass is 439 g/mol. The van der Waals surface area contributed by atoms with Crippen molar-refractivity contribution in [3.63, 3.8) is 0 Å². The number of morpholine rings is 1. The maximum Gasteiger partial charge on any atom is 0.408 e. The number of thioether (sulfide) groups is 1. The van der Waals surface area contributed by atoms with Gasteiger partial charge in [-0.25, -0.2) is 4.79 Å². The van der Waals surface area contributed by atoms with Gasteiger partial charge in [0.25, 0.3) is 0 Å². The molecule has 0 atom stereocenters. The normalized spacial score (nSPS) is 15.3. The lowest BCUT2D eigenvalue weighted by Crippen LogP contribution is -2.44. The number of carbonyl (C=O) groups is 1. The predicted octanol–water partition coefficient (Wildman–Crippen LogP) is 2.09. The van der Waals surface area contributed by atoms with Crippen LogP contribution in [0.2, 0.25) is 0 Å². The fraction of sp³-hybridized carbons (Fsp3) is 0.722. The molecule has 0 unspecified atom stereocenters. The van der Waals surface area contributed by atoms with Crippen LogP contribution in [0.25, 0.3) is 0 Å². The molecule has 3 heterocycles. The number of anilines is 1. The van der Waals surface area contributed by atoms with E-state index in [0.29, 0.717) is 30.7 Å². The lowest BCUT2D eigenvalue weighted by atomic mass is 10.1. The number of ether oxygens (including phenoxy) is 2. The van der Waals surface area contributed by atoms with E-state index in [-0.39, 0.29) is 0 Å². The third kappa shape index (κ3) is 5.63. The summed E-state index contributed by atoms with van der Waals surface area (Å²) in [4.78, 5) is 18.7. The highest BCUT2D eigenvalue weighted by molar-refractivity contribution is 7.98. The average Bonchev–Trinajstić information content (AvgIpc) is 3.26. The molecule has 0 bridgehead atoms. The number of rotatable bonds is 6. The number of carbonyl (C=O) groups excluding carboxylic acids is 1. The van der Waals surface area contributed by atoms with Crippen LogP contribution in [0, 0.1) is 0 Å². The molecule has 166 valence electrons. The molecule has 0 aliphatic carbocycles. The van der Waals surface area contributed by atoms with E-state index in [1.54, 1.807) is 34.6 Å². The van der Waals surface area contributed by atoms with Crippen LogP contribution in [0.5, 0.6) is 0 Å². The third-order valence-electron chi connectivity index (χ3n) is 4.27. The van der Waals surface area contributed by atoms with Crippen LogP contribution in [0.1, 0.15) is 46.3 Å². The van der Waals surface area contributed by atoms with Gasteiger partial charge < -0.3 is 24.2 Å². The van der Waals surface area contributed by atoms with E-state index in [4.69, 9.17) is 14.0 Å². The molecule has 1 aliphatic rings. The minimum Gasteiger partial charge on any atom is -0.444 e. The van der Waals surface area contributed by atoms with E-state index in [0.717, 1.165) is 24.2 Å². The molecule has 2 aromatic rings. The summed E-state index contributed by atoms with van der Waals surface area (Å²) in [5.74, 6) is 2.06. The van der Waals surface area contributed by atoms with Gasteiger partial charge in [-0.2, -0.15) is 4.98 Å². The molecule has 0 saturated carbocycles. The molecule has 1 amide bonds. The number of amides is 1. The Morgan fingerprint density at radius 3 is 2.57 bits per heavy atom. The summed E-state index contributed by atoms with van der Waals surface area (Å²) in [5, 5.41) is 16.1. The number of nitrogens with zero attached hydrogens (tertiary/aromatic N) is 6. The van der Waals surface area contributed by atoms with Gasteiger partial charge in [0.1, 0.15) is 11.1 Å². The molecule has 0 spiro atoms. The standard InChI is InChI=1S/C18H29N7O4S/c1-17(2,3)28-16(26)20-18(4,5)13-19-12(29-23-13)11-30-15-22-21-14(24(15)6)25-7-9-27-10-8-25/h7-11H2,1-6H3,(H,20,26). The van der Waals surface area contributed by atoms with Crippen LogP contribution >= 0.6 is 11.8 Å². The number of nitrogens with one attached hydrogen (secondary N) is 1. The van der Waals surface area contributed by atoms with Crippen LogP contribution < -0.4 is 10.2 Å². The highest BCUT2D eigenvalue weighted by Crippen LogP contribution is 2.25. The lowest BCUT2D eigenvalue weighted by molar-refractivity contribution is 0.0465. The Hall–Kier alpha value is -2.34. The van der Waals surface area contributed by atoms with Crippen LogP contribution in [-0.2, 0) is 27.8 Å². The Bertz CT molecular complexity index is 868. The number of aromatic nitrogens is 5. The van der Waals surface area contributed by atoms with Gasteiger partial charge in [0.05, 0.1) is 19.0 Å². The molecule has 1 N–H and O–H groups in total. The zero-order valence-corrected chi connectivity index (χ0v) is 19.1. The van der Waals surface area contributed by atoms with E-state index in [2.05, 4.69) is 30.6 Å². The molecule has 1 fully saturated rings. The number of hydrogen-bond acceptors (Lipinski definition) is 10. The largest absolute Gasteiger partial charge is 0.444 e. The van der Waals surface area contributed by atoms with Gasteiger partial charge in [-0.05, 0) is 34.6 Å². The molecule has 2 aromatic heterocycles. The summed E-state index contributed by atoms with van der Waals surface area (Å²) >= 11 is 1.45. The zero-order valence-electron chi connectivity index (χ0n) is 18.3. The molecule has 3 rings (SSSR count). The lowest BCUT2D eigenvalue weighted by Gasteiger charge is -2.27. The van der Waals surface area contributed by atoms with Crippen molar-refractivity contribution in [1.29, 1.82) is 0 Å². The molecule has 11 nitrogen and oxygen atoms in total. The summed E-state index contributed by atoms with van der Waals surface area (Å²) in [5.41, 5.74) is -1.43. The maximum absolute atomic E-state index is 12.1. The van der Waals surface area contributed by atoms with Crippen molar-refractivity contribution in [3.05, 3.63) is 11.7 Å². The maximum atomic E-state index is 12.1. The van der Waals surface area contributed by atoms with Crippen molar-refractivity contribution in [2.45, 2.75) is 56.7 Å². The summed E-state index contributed by atoms with van der Waals surface area (Å²) in [6, 6.07) is 0. The van der Waals surface area contributed by atoms with Crippen LogP contribution in [0.4, 0.5) is 10.7 Å². The van der Waals surface area contributed by atoms with E-state index >= 15 is 0 Å². The van der Waals surface area contributed by atoms with E-state index in [1.165, 1.54) is 11.8 Å². The first-order valence-corrected chi connectivity index (χ1v) is 10.7. The second kappa shape index (κ2) is 8.80. The van der Waals surface area contributed by atoms with Crippen molar-refractivity contribution in [2.75, 3.05) is 31.2 Å². The highest BCUT2D eigenvalue weighted by atomic mass is 32.2. The van der Waals surface area contributed by atoms with Gasteiger partial charge in [0.2, 0.25) is 11.8 Å². The molecule has 1 saturated heterocycles. The number of alkyl carbamates (subject to hydrolysis) is 1. The number of hydrogen-bond donors (Lipinski definition) is 1. The zero-order chi connectivity index (χ0) is 21.9. The molecule has 0 radical (unpaired) electrons. The smallest absolute Gasteiger partial charge is 0.408 e. The van der Waals surface area contributed by atoms with Crippen LogP contribution in [-0.4, -0.2) is 62.9 Å². The van der Waals surface area contributed by atoms with Gasteiger partial charge in [0.15, 0.2) is 11.0 Å². The summed E-state index contributed by atoms with van der Waals surface area (Å²) < 4.78 is 18.0. The SMILES string of the molecule is Cn1c(SCc2nc(C(C)(C)NC(=O)OC(C)(C)C)no2)nnc1N1CCOCC1. The Kier molecular flexibility index (Phi) is 6.56. The Labute approximate surface area is 179 Å². The first kappa shape index (κ1) is 22.3. The second-order valence-electron chi connectivity index (χ2n) is 8.49. The van der Waals surface area contributed by atoms with Crippen molar-refractivity contribution < 1.29 is 18.8 Å².